The number of anilines is 2. The van der Waals surface area contributed by atoms with E-state index in [1.54, 1.807) is 18.2 Å². The fourth-order valence-electron chi connectivity index (χ4n) is 2.06. The van der Waals surface area contributed by atoms with Gasteiger partial charge in [-0.1, -0.05) is 6.07 Å². The second kappa shape index (κ2) is 7.33. The van der Waals surface area contributed by atoms with Crippen LogP contribution >= 0.6 is 0 Å². The van der Waals surface area contributed by atoms with Crippen LogP contribution in [0.3, 0.4) is 0 Å². The summed E-state index contributed by atoms with van der Waals surface area (Å²) in [5.74, 6) is 0.320. The number of nitrogens with one attached hydrogen (secondary N) is 2. The van der Waals surface area contributed by atoms with Crippen molar-refractivity contribution in [2.75, 3.05) is 24.3 Å². The molecule has 128 valence electrons. The number of methoxy groups -OCH3 is 1. The molecule has 7 nitrogen and oxygen atoms in total. The van der Waals surface area contributed by atoms with Crippen molar-refractivity contribution in [1.29, 1.82) is 0 Å². The predicted octanol–water partition coefficient (Wildman–Crippen LogP) is 1.70. The molecule has 0 atom stereocenters. The van der Waals surface area contributed by atoms with Gasteiger partial charge >= 0.3 is 0 Å². The highest BCUT2D eigenvalue weighted by Crippen LogP contribution is 2.25. The van der Waals surface area contributed by atoms with Crippen molar-refractivity contribution in [2.24, 2.45) is 5.14 Å². The Bertz CT molecular complexity index is 833. The van der Waals surface area contributed by atoms with Gasteiger partial charge in [0.25, 0.3) is 0 Å². The lowest BCUT2D eigenvalue weighted by Crippen LogP contribution is -2.22. The van der Waals surface area contributed by atoms with Crippen LogP contribution in [0.4, 0.5) is 11.4 Å². The lowest BCUT2D eigenvalue weighted by atomic mass is 10.2. The molecule has 0 unspecified atom stereocenters. The van der Waals surface area contributed by atoms with Gasteiger partial charge in [-0.15, -0.1) is 0 Å². The minimum Gasteiger partial charge on any atom is -0.495 e. The molecular formula is C16H19N3O4S. The number of carbonyl (C=O) groups is 1. The molecule has 0 fully saturated rings. The van der Waals surface area contributed by atoms with Crippen LogP contribution in [0.15, 0.2) is 47.4 Å². The molecule has 0 saturated carbocycles. The van der Waals surface area contributed by atoms with E-state index < -0.39 is 10.0 Å². The number of nitrogens with two attached hydrogens (primary N) is 1. The van der Waals surface area contributed by atoms with Crippen molar-refractivity contribution in [3.8, 4) is 5.75 Å². The van der Waals surface area contributed by atoms with Crippen LogP contribution in [-0.2, 0) is 14.8 Å². The van der Waals surface area contributed by atoms with E-state index in [-0.39, 0.29) is 17.3 Å². The average Bonchev–Trinajstić information content (AvgIpc) is 2.53. The zero-order valence-corrected chi connectivity index (χ0v) is 14.2. The molecule has 0 aliphatic carbocycles. The summed E-state index contributed by atoms with van der Waals surface area (Å²) in [4.78, 5) is 12.1. The van der Waals surface area contributed by atoms with Crippen molar-refractivity contribution in [1.82, 2.24) is 0 Å². The topological polar surface area (TPSA) is 111 Å². The normalized spacial score (nSPS) is 11.0. The first kappa shape index (κ1) is 17.8. The van der Waals surface area contributed by atoms with Crippen LogP contribution in [-0.4, -0.2) is 28.0 Å². The second-order valence-electron chi connectivity index (χ2n) is 5.17. The number of ether oxygens (including phenoxy) is 1. The van der Waals surface area contributed by atoms with E-state index >= 15 is 0 Å². The van der Waals surface area contributed by atoms with Gasteiger partial charge in [0.15, 0.2) is 0 Å². The highest BCUT2D eigenvalue weighted by molar-refractivity contribution is 7.89. The molecule has 4 N–H and O–H groups in total. The first-order valence-electron chi connectivity index (χ1n) is 7.11. The average molecular weight is 349 g/mol. The van der Waals surface area contributed by atoms with Crippen molar-refractivity contribution in [3.05, 3.63) is 48.0 Å². The van der Waals surface area contributed by atoms with Gasteiger partial charge in [-0.05, 0) is 48.9 Å². The fraction of sp³-hybridized carbons (Fsp3) is 0.188. The number of amides is 1. The van der Waals surface area contributed by atoms with E-state index in [2.05, 4.69) is 10.6 Å². The molecule has 0 heterocycles. The third-order valence-electron chi connectivity index (χ3n) is 3.26. The Morgan fingerprint density at radius 1 is 1.17 bits per heavy atom. The van der Waals surface area contributed by atoms with E-state index in [0.717, 1.165) is 5.56 Å². The molecule has 0 aliphatic rings. The minimum atomic E-state index is -3.72. The zero-order valence-electron chi connectivity index (χ0n) is 13.4. The summed E-state index contributed by atoms with van der Waals surface area (Å²) in [7, 11) is -2.19. The second-order valence-corrected chi connectivity index (χ2v) is 6.74. The first-order chi connectivity index (χ1) is 11.3. The minimum absolute atomic E-state index is 0.0157. The molecular weight excluding hydrogens is 330 g/mol. The quantitative estimate of drug-likeness (QED) is 0.735. The Kier molecular flexibility index (Phi) is 5.42. The van der Waals surface area contributed by atoms with Crippen LogP contribution < -0.4 is 20.5 Å². The Balaban J connectivity index is 1.97. The fourth-order valence-corrected chi connectivity index (χ4v) is 2.57. The van der Waals surface area contributed by atoms with Crippen molar-refractivity contribution < 1.29 is 17.9 Å². The van der Waals surface area contributed by atoms with Crippen LogP contribution in [0.1, 0.15) is 5.56 Å². The Hall–Kier alpha value is -2.58. The van der Waals surface area contributed by atoms with Gasteiger partial charge in [0, 0.05) is 5.69 Å². The zero-order chi connectivity index (χ0) is 17.7. The van der Waals surface area contributed by atoms with Crippen LogP contribution in [0.5, 0.6) is 5.75 Å². The number of benzene rings is 2. The SMILES string of the molecule is COc1ccc(C)cc1NC(=O)CNc1ccc(S(N)(=O)=O)cc1. The lowest BCUT2D eigenvalue weighted by Gasteiger charge is -2.12. The molecule has 0 aliphatic heterocycles. The Labute approximate surface area is 140 Å². The third kappa shape index (κ3) is 4.71. The Morgan fingerprint density at radius 3 is 2.42 bits per heavy atom. The van der Waals surface area contributed by atoms with Crippen molar-refractivity contribution in [2.45, 2.75) is 11.8 Å². The summed E-state index contributed by atoms with van der Waals surface area (Å²) in [6, 6.07) is 11.3. The van der Waals surface area contributed by atoms with E-state index in [9.17, 15) is 13.2 Å². The maximum absolute atomic E-state index is 12.0. The summed E-state index contributed by atoms with van der Waals surface area (Å²) in [5.41, 5.74) is 2.19. The molecule has 0 bridgehead atoms. The summed E-state index contributed by atoms with van der Waals surface area (Å²) in [5, 5.41) is 10.7. The highest BCUT2D eigenvalue weighted by Gasteiger charge is 2.09. The van der Waals surface area contributed by atoms with Crippen LogP contribution in [0, 0.1) is 6.92 Å². The molecule has 1 amide bonds. The monoisotopic (exact) mass is 349 g/mol. The van der Waals surface area contributed by atoms with Gasteiger partial charge in [-0.25, -0.2) is 13.6 Å². The first-order valence-corrected chi connectivity index (χ1v) is 8.65. The van der Waals surface area contributed by atoms with Crippen molar-refractivity contribution >= 4 is 27.3 Å². The van der Waals surface area contributed by atoms with Crippen LogP contribution in [0.25, 0.3) is 0 Å². The number of carbonyl (C=O) groups excluding carboxylic acids is 1. The highest BCUT2D eigenvalue weighted by atomic mass is 32.2. The molecule has 0 spiro atoms. The van der Waals surface area contributed by atoms with Gasteiger partial charge in [0.1, 0.15) is 5.75 Å². The van der Waals surface area contributed by atoms with E-state index in [4.69, 9.17) is 9.88 Å². The molecule has 0 aromatic heterocycles. The van der Waals surface area contributed by atoms with E-state index in [1.807, 2.05) is 19.1 Å². The van der Waals surface area contributed by atoms with E-state index in [0.29, 0.717) is 17.1 Å². The molecule has 0 radical (unpaired) electrons. The van der Waals surface area contributed by atoms with E-state index in [1.165, 1.54) is 19.2 Å². The van der Waals surface area contributed by atoms with Gasteiger partial charge in [-0.2, -0.15) is 0 Å². The number of rotatable bonds is 6. The number of hydrogen-bond acceptors (Lipinski definition) is 5. The number of primary sulfonamides is 1. The molecule has 0 saturated heterocycles. The smallest absolute Gasteiger partial charge is 0.243 e. The molecule has 8 heteroatoms. The maximum atomic E-state index is 12.0. The maximum Gasteiger partial charge on any atom is 0.243 e. The van der Waals surface area contributed by atoms with Gasteiger partial charge in [0.2, 0.25) is 15.9 Å². The summed E-state index contributed by atoms with van der Waals surface area (Å²) in [6.45, 7) is 1.94. The third-order valence-corrected chi connectivity index (χ3v) is 4.19. The molecule has 2 rings (SSSR count). The Morgan fingerprint density at radius 2 is 1.83 bits per heavy atom. The van der Waals surface area contributed by atoms with Gasteiger partial charge < -0.3 is 15.4 Å². The lowest BCUT2D eigenvalue weighted by molar-refractivity contribution is -0.114. The van der Waals surface area contributed by atoms with Gasteiger partial charge in [0.05, 0.1) is 24.2 Å². The van der Waals surface area contributed by atoms with Gasteiger partial charge in [-0.3, -0.25) is 4.79 Å². The van der Waals surface area contributed by atoms with Crippen molar-refractivity contribution in [3.63, 3.8) is 0 Å². The number of sulfonamides is 1. The molecule has 2 aromatic rings. The summed E-state index contributed by atoms with van der Waals surface area (Å²) < 4.78 is 27.6. The molecule has 2 aromatic carbocycles. The standard InChI is InChI=1S/C16H19N3O4S/c1-11-3-8-15(23-2)14(9-11)19-16(20)10-18-12-4-6-13(7-5-12)24(17,21)22/h3-9,18H,10H2,1-2H3,(H,19,20)(H2,17,21,22). The summed E-state index contributed by atoms with van der Waals surface area (Å²) in [6.07, 6.45) is 0. The number of hydrogen-bond donors (Lipinski definition) is 3. The largest absolute Gasteiger partial charge is 0.495 e. The predicted molar refractivity (Wildman–Crippen MR) is 92.7 cm³/mol. The number of aryl methyl sites for hydroxylation is 1. The van der Waals surface area contributed by atoms with Crippen LogP contribution in [0.2, 0.25) is 0 Å². The summed E-state index contributed by atoms with van der Waals surface area (Å²) >= 11 is 0. The molecule has 24 heavy (non-hydrogen) atoms.